The van der Waals surface area contributed by atoms with Crippen molar-refractivity contribution in [1.29, 1.82) is 0 Å². The molecule has 2 rings (SSSR count). The summed E-state index contributed by atoms with van der Waals surface area (Å²) < 4.78 is 11.3. The summed E-state index contributed by atoms with van der Waals surface area (Å²) >= 11 is 0. The van der Waals surface area contributed by atoms with E-state index in [1.165, 1.54) is 5.01 Å². The zero-order valence-electron chi connectivity index (χ0n) is 6.14. The van der Waals surface area contributed by atoms with Crippen LogP contribution in [0.4, 0.5) is 5.69 Å². The summed E-state index contributed by atoms with van der Waals surface area (Å²) in [6.45, 7) is 0. The second kappa shape index (κ2) is 2.67. The second-order valence-electron chi connectivity index (χ2n) is 2.42. The molecule has 1 unspecified atom stereocenters. The van der Waals surface area contributed by atoms with Gasteiger partial charge in [0.25, 0.3) is 0 Å². The predicted molar refractivity (Wildman–Crippen MR) is 46.0 cm³/mol. The molecule has 5 heteroatoms. The molecule has 1 heterocycles. The van der Waals surface area contributed by atoms with Crippen LogP contribution in [0.1, 0.15) is 0 Å². The predicted octanol–water partition coefficient (Wildman–Crippen LogP) is 1.25. The molecule has 62 valence electrons. The van der Waals surface area contributed by atoms with Gasteiger partial charge in [-0.1, -0.05) is 12.1 Å². The molecule has 0 bridgehead atoms. The number of hydrogen-bond donors (Lipinski definition) is 0. The molecule has 0 radical (unpaired) electrons. The molecule has 0 fully saturated rings. The van der Waals surface area contributed by atoms with Gasteiger partial charge in [-0.2, -0.15) is 0 Å². The highest BCUT2D eigenvalue weighted by atomic mass is 32.2. The maximum absolute atomic E-state index is 11.3. The topological polar surface area (TPSA) is 49.7 Å². The average molecular weight is 182 g/mol. The Balaban J connectivity index is 2.57. The fourth-order valence-corrected chi connectivity index (χ4v) is 2.37. The lowest BCUT2D eigenvalue weighted by atomic mass is 10.3. The van der Waals surface area contributed by atoms with Crippen LogP contribution in [-0.4, -0.2) is 10.1 Å². The van der Waals surface area contributed by atoms with E-state index < -0.39 is 10.8 Å². The molecular weight excluding hydrogens is 176 g/mol. The summed E-state index contributed by atoms with van der Waals surface area (Å²) in [6, 6.07) is 7.07. The quantitative estimate of drug-likeness (QED) is 0.614. The molecule has 0 saturated carbocycles. The highest BCUT2D eigenvalue weighted by Crippen LogP contribution is 2.30. The van der Waals surface area contributed by atoms with Crippen LogP contribution in [0.5, 0.6) is 0 Å². The Morgan fingerprint density at radius 1 is 1.42 bits per heavy atom. The largest absolute Gasteiger partial charge is 0.252 e. The third kappa shape index (κ3) is 0.937. The zero-order valence-corrected chi connectivity index (χ0v) is 6.95. The van der Waals surface area contributed by atoms with Gasteiger partial charge in [-0.05, 0) is 12.1 Å². The number of nitrogens with zero attached hydrogens (tertiary/aromatic N) is 2. The lowest BCUT2D eigenvalue weighted by molar-refractivity contribution is 0.685. The summed E-state index contributed by atoms with van der Waals surface area (Å²) in [7, 11) is -1.10. The Morgan fingerprint density at radius 2 is 2.17 bits per heavy atom. The molecule has 0 aromatic heterocycles. The van der Waals surface area contributed by atoms with E-state index in [-0.39, 0.29) is 5.88 Å². The SMILES string of the molecule is O=NN1CS(=O)c2ccccc21. The molecule has 0 spiro atoms. The van der Waals surface area contributed by atoms with Gasteiger partial charge < -0.3 is 0 Å². The van der Waals surface area contributed by atoms with Crippen LogP contribution in [0.25, 0.3) is 0 Å². The lowest BCUT2D eigenvalue weighted by Gasteiger charge is -2.03. The lowest BCUT2D eigenvalue weighted by Crippen LogP contribution is -2.11. The normalized spacial score (nSPS) is 20.7. The number of rotatable bonds is 1. The maximum Gasteiger partial charge on any atom is 0.125 e. The number of para-hydroxylation sites is 1. The van der Waals surface area contributed by atoms with Crippen LogP contribution in [0, 0.1) is 4.91 Å². The van der Waals surface area contributed by atoms with Gasteiger partial charge in [-0.15, -0.1) is 4.91 Å². The van der Waals surface area contributed by atoms with E-state index in [0.29, 0.717) is 10.6 Å². The van der Waals surface area contributed by atoms with Gasteiger partial charge in [0, 0.05) is 0 Å². The summed E-state index contributed by atoms with van der Waals surface area (Å²) in [5, 5.41) is 3.98. The molecule has 4 nitrogen and oxygen atoms in total. The second-order valence-corrected chi connectivity index (χ2v) is 3.81. The van der Waals surface area contributed by atoms with Crippen LogP contribution < -0.4 is 5.01 Å². The van der Waals surface area contributed by atoms with E-state index >= 15 is 0 Å². The van der Waals surface area contributed by atoms with Gasteiger partial charge in [0.2, 0.25) is 0 Å². The van der Waals surface area contributed by atoms with E-state index in [1.807, 2.05) is 0 Å². The van der Waals surface area contributed by atoms with Gasteiger partial charge in [-0.3, -0.25) is 4.21 Å². The first-order valence-corrected chi connectivity index (χ1v) is 4.73. The van der Waals surface area contributed by atoms with Crippen molar-refractivity contribution in [3.63, 3.8) is 0 Å². The first-order valence-electron chi connectivity index (χ1n) is 3.41. The minimum Gasteiger partial charge on any atom is -0.252 e. The van der Waals surface area contributed by atoms with Crippen LogP contribution in [0.2, 0.25) is 0 Å². The third-order valence-electron chi connectivity index (χ3n) is 1.73. The Kier molecular flexibility index (Phi) is 1.65. The molecule has 1 aliphatic heterocycles. The zero-order chi connectivity index (χ0) is 8.55. The summed E-state index contributed by atoms with van der Waals surface area (Å²) in [5.74, 6) is 0.183. The number of hydrogen-bond acceptors (Lipinski definition) is 3. The molecule has 1 aliphatic rings. The molecule has 0 saturated heterocycles. The molecule has 0 amide bonds. The van der Waals surface area contributed by atoms with Gasteiger partial charge >= 0.3 is 0 Å². The van der Waals surface area contributed by atoms with Gasteiger partial charge in [0.15, 0.2) is 0 Å². The molecule has 1 atom stereocenters. The van der Waals surface area contributed by atoms with Crippen molar-refractivity contribution in [1.82, 2.24) is 0 Å². The Morgan fingerprint density at radius 3 is 2.92 bits per heavy atom. The molecule has 1 aromatic rings. The average Bonchev–Trinajstić information content (AvgIpc) is 2.44. The van der Waals surface area contributed by atoms with Gasteiger partial charge in [0.05, 0.1) is 26.7 Å². The van der Waals surface area contributed by atoms with E-state index in [9.17, 15) is 9.12 Å². The monoisotopic (exact) mass is 182 g/mol. The van der Waals surface area contributed by atoms with E-state index in [0.717, 1.165) is 0 Å². The van der Waals surface area contributed by atoms with Crippen molar-refractivity contribution in [3.05, 3.63) is 29.2 Å². The first kappa shape index (κ1) is 7.42. The highest BCUT2D eigenvalue weighted by Gasteiger charge is 2.25. The minimum absolute atomic E-state index is 0.183. The van der Waals surface area contributed by atoms with Crippen molar-refractivity contribution in [2.24, 2.45) is 5.29 Å². The Hall–Kier alpha value is -1.23. The fraction of sp³-hybridized carbons (Fsp3) is 0.143. The van der Waals surface area contributed by atoms with Crippen LogP contribution in [0.15, 0.2) is 34.4 Å². The molecule has 12 heavy (non-hydrogen) atoms. The first-order chi connectivity index (χ1) is 5.83. The third-order valence-corrected chi connectivity index (χ3v) is 3.04. The molecule has 0 N–H and O–H groups in total. The smallest absolute Gasteiger partial charge is 0.125 e. The number of benzene rings is 1. The van der Waals surface area contributed by atoms with E-state index in [2.05, 4.69) is 5.29 Å². The van der Waals surface area contributed by atoms with Gasteiger partial charge in [0.1, 0.15) is 5.88 Å². The minimum atomic E-state index is -1.10. The van der Waals surface area contributed by atoms with Crippen molar-refractivity contribution in [2.75, 3.05) is 10.9 Å². The number of nitroso groups, excluding NO2 is 1. The number of anilines is 1. The summed E-state index contributed by atoms with van der Waals surface area (Å²) in [6.07, 6.45) is 0. The van der Waals surface area contributed by atoms with Crippen LogP contribution >= 0.6 is 0 Å². The maximum atomic E-state index is 11.3. The van der Waals surface area contributed by atoms with Gasteiger partial charge in [-0.25, -0.2) is 5.01 Å². The van der Waals surface area contributed by atoms with E-state index in [1.54, 1.807) is 24.3 Å². The fourth-order valence-electron chi connectivity index (χ4n) is 1.18. The Bertz CT molecular complexity index is 353. The van der Waals surface area contributed by atoms with Crippen molar-refractivity contribution in [2.45, 2.75) is 4.90 Å². The molecule has 0 aliphatic carbocycles. The summed E-state index contributed by atoms with van der Waals surface area (Å²) in [5.41, 5.74) is 0.658. The standard InChI is InChI=1S/C7H6N2O2S/c10-8-9-5-12(11)7-4-2-1-3-6(7)9/h1-4H,5H2. The van der Waals surface area contributed by atoms with Crippen molar-refractivity contribution in [3.8, 4) is 0 Å². The van der Waals surface area contributed by atoms with Crippen molar-refractivity contribution < 1.29 is 4.21 Å². The van der Waals surface area contributed by atoms with Crippen LogP contribution in [-0.2, 0) is 10.8 Å². The molecular formula is C7H6N2O2S. The van der Waals surface area contributed by atoms with Crippen LogP contribution in [0.3, 0.4) is 0 Å². The van der Waals surface area contributed by atoms with E-state index in [4.69, 9.17) is 0 Å². The number of fused-ring (bicyclic) bond motifs is 1. The Labute approximate surface area is 71.6 Å². The van der Waals surface area contributed by atoms with Crippen molar-refractivity contribution >= 4 is 16.5 Å². The molecule has 1 aromatic carbocycles. The summed E-state index contributed by atoms with van der Waals surface area (Å²) in [4.78, 5) is 10.9. The highest BCUT2D eigenvalue weighted by molar-refractivity contribution is 7.85.